The Morgan fingerprint density at radius 1 is 1.11 bits per heavy atom. The van der Waals surface area contributed by atoms with E-state index in [0.29, 0.717) is 11.3 Å². The van der Waals surface area contributed by atoms with E-state index in [4.69, 9.17) is 4.74 Å². The van der Waals surface area contributed by atoms with Gasteiger partial charge in [-0.1, -0.05) is 6.07 Å². The quantitative estimate of drug-likeness (QED) is 0.320. The molecule has 5 nitrogen and oxygen atoms in total. The number of nitrogens with one attached hydrogen (secondary N) is 1. The molecule has 0 unspecified atom stereocenters. The maximum absolute atomic E-state index is 12.4. The normalized spacial score (nSPS) is 11.0. The fourth-order valence-corrected chi connectivity index (χ4v) is 3.47. The molecule has 1 aromatic heterocycles. The second kappa shape index (κ2) is 8.60. The van der Waals surface area contributed by atoms with E-state index >= 15 is 0 Å². The lowest BCUT2D eigenvalue weighted by Gasteiger charge is -2.09. The Bertz CT molecular complexity index is 1040. The first-order chi connectivity index (χ1) is 13.4. The molecule has 1 heterocycles. The lowest BCUT2D eigenvalue weighted by molar-refractivity contribution is 0.0952. The summed E-state index contributed by atoms with van der Waals surface area (Å²) in [5.74, 6) is 0.226. The number of ether oxygens (including phenoxy) is 1. The molecular formula is C22H22IN3O2. The van der Waals surface area contributed by atoms with Gasteiger partial charge in [-0.2, -0.15) is 5.10 Å². The summed E-state index contributed by atoms with van der Waals surface area (Å²) >= 11 is 2.29. The fraction of sp³-hybridized carbons (Fsp3) is 0.182. The number of carbonyl (C=O) groups excluding carboxylic acids is 1. The van der Waals surface area contributed by atoms with Crippen LogP contribution in [0.25, 0.3) is 5.69 Å². The van der Waals surface area contributed by atoms with Crippen LogP contribution in [0.15, 0.2) is 53.6 Å². The Morgan fingerprint density at radius 3 is 2.50 bits per heavy atom. The molecule has 1 N–H and O–H groups in total. The first-order valence-corrected chi connectivity index (χ1v) is 9.91. The number of benzene rings is 2. The van der Waals surface area contributed by atoms with Crippen molar-refractivity contribution in [3.8, 4) is 11.4 Å². The van der Waals surface area contributed by atoms with Gasteiger partial charge in [0.2, 0.25) is 0 Å². The highest BCUT2D eigenvalue weighted by Gasteiger charge is 2.12. The van der Waals surface area contributed by atoms with Crippen LogP contribution >= 0.6 is 22.6 Å². The minimum atomic E-state index is -0.306. The molecule has 28 heavy (non-hydrogen) atoms. The van der Waals surface area contributed by atoms with E-state index in [1.165, 1.54) is 3.57 Å². The van der Waals surface area contributed by atoms with Gasteiger partial charge in [-0.3, -0.25) is 4.79 Å². The molecule has 0 atom stereocenters. The monoisotopic (exact) mass is 487 g/mol. The van der Waals surface area contributed by atoms with Crippen molar-refractivity contribution in [1.29, 1.82) is 0 Å². The van der Waals surface area contributed by atoms with E-state index in [-0.39, 0.29) is 5.91 Å². The molecule has 6 heteroatoms. The van der Waals surface area contributed by atoms with Gasteiger partial charge in [0.1, 0.15) is 5.75 Å². The zero-order valence-electron chi connectivity index (χ0n) is 16.3. The van der Waals surface area contributed by atoms with Crippen LogP contribution in [0.1, 0.15) is 32.9 Å². The molecule has 2 aromatic carbocycles. The zero-order valence-corrected chi connectivity index (χ0v) is 18.4. The van der Waals surface area contributed by atoms with Crippen LogP contribution in [-0.4, -0.2) is 23.8 Å². The molecule has 3 rings (SSSR count). The van der Waals surface area contributed by atoms with Crippen molar-refractivity contribution in [3.05, 3.63) is 80.2 Å². The van der Waals surface area contributed by atoms with Crippen molar-refractivity contribution in [2.75, 3.05) is 7.11 Å². The number of hydrogen-bond acceptors (Lipinski definition) is 3. The number of hydrogen-bond donors (Lipinski definition) is 1. The zero-order chi connectivity index (χ0) is 20.3. The third kappa shape index (κ3) is 4.27. The molecule has 0 saturated carbocycles. The average Bonchev–Trinajstić information content (AvgIpc) is 2.96. The topological polar surface area (TPSA) is 55.6 Å². The van der Waals surface area contributed by atoms with Gasteiger partial charge in [-0.15, -0.1) is 0 Å². The van der Waals surface area contributed by atoms with E-state index in [1.54, 1.807) is 19.4 Å². The molecule has 144 valence electrons. The standard InChI is InChI=1S/C22H22IN3O2/c1-14-5-10-20(21(11-14)28-4)22(27)25-24-13-17-12-15(2)26(16(17)3)19-8-6-18(23)7-9-19/h5-13H,1-4H3,(H,25,27)/b24-13-. The largest absolute Gasteiger partial charge is 0.496 e. The van der Waals surface area contributed by atoms with Crippen LogP contribution in [0.5, 0.6) is 5.75 Å². The minimum absolute atomic E-state index is 0.306. The molecule has 1 amide bonds. The highest BCUT2D eigenvalue weighted by atomic mass is 127. The summed E-state index contributed by atoms with van der Waals surface area (Å²) in [7, 11) is 1.55. The van der Waals surface area contributed by atoms with E-state index in [2.05, 4.69) is 74.9 Å². The van der Waals surface area contributed by atoms with Crippen LogP contribution in [0, 0.1) is 24.3 Å². The molecule has 0 spiro atoms. The van der Waals surface area contributed by atoms with Gasteiger partial charge < -0.3 is 9.30 Å². The van der Waals surface area contributed by atoms with Gasteiger partial charge in [0.15, 0.2) is 0 Å². The lowest BCUT2D eigenvalue weighted by Crippen LogP contribution is -2.18. The van der Waals surface area contributed by atoms with Crippen LogP contribution in [-0.2, 0) is 0 Å². The van der Waals surface area contributed by atoms with Crippen LogP contribution in [0.3, 0.4) is 0 Å². The lowest BCUT2D eigenvalue weighted by atomic mass is 10.1. The van der Waals surface area contributed by atoms with Crippen molar-refractivity contribution >= 4 is 34.7 Å². The minimum Gasteiger partial charge on any atom is -0.496 e. The number of aryl methyl sites for hydroxylation is 2. The van der Waals surface area contributed by atoms with Gasteiger partial charge in [0.25, 0.3) is 5.91 Å². The Balaban J connectivity index is 1.79. The molecule has 0 bridgehead atoms. The molecule has 0 aliphatic heterocycles. The van der Waals surface area contributed by atoms with Gasteiger partial charge >= 0.3 is 0 Å². The van der Waals surface area contributed by atoms with Crippen molar-refractivity contribution in [2.24, 2.45) is 5.10 Å². The van der Waals surface area contributed by atoms with Gasteiger partial charge in [-0.25, -0.2) is 5.43 Å². The molecule has 0 saturated heterocycles. The summed E-state index contributed by atoms with van der Waals surface area (Å²) < 4.78 is 8.65. The predicted octanol–water partition coefficient (Wildman–Crippen LogP) is 4.78. The number of rotatable bonds is 5. The smallest absolute Gasteiger partial charge is 0.275 e. The summed E-state index contributed by atoms with van der Waals surface area (Å²) in [6, 6.07) is 15.8. The maximum atomic E-state index is 12.4. The molecule has 0 fully saturated rings. The highest BCUT2D eigenvalue weighted by Crippen LogP contribution is 2.21. The Labute approximate surface area is 178 Å². The van der Waals surface area contributed by atoms with Crippen molar-refractivity contribution in [1.82, 2.24) is 9.99 Å². The molecule has 3 aromatic rings. The first kappa shape index (κ1) is 20.1. The summed E-state index contributed by atoms with van der Waals surface area (Å²) in [6.07, 6.45) is 1.67. The van der Waals surface area contributed by atoms with Crippen molar-refractivity contribution in [3.63, 3.8) is 0 Å². The van der Waals surface area contributed by atoms with E-state index in [1.807, 2.05) is 26.0 Å². The van der Waals surface area contributed by atoms with Gasteiger partial charge in [0.05, 0.1) is 18.9 Å². The Hall–Kier alpha value is -2.61. The Morgan fingerprint density at radius 2 is 1.82 bits per heavy atom. The van der Waals surface area contributed by atoms with E-state index in [0.717, 1.165) is 28.2 Å². The van der Waals surface area contributed by atoms with Gasteiger partial charge in [0, 0.05) is 26.2 Å². The fourth-order valence-electron chi connectivity index (χ4n) is 3.11. The summed E-state index contributed by atoms with van der Waals surface area (Å²) in [6.45, 7) is 6.04. The second-order valence-electron chi connectivity index (χ2n) is 6.54. The second-order valence-corrected chi connectivity index (χ2v) is 7.79. The summed E-state index contributed by atoms with van der Waals surface area (Å²) in [5, 5.41) is 4.14. The van der Waals surface area contributed by atoms with Crippen LogP contribution in [0.2, 0.25) is 0 Å². The van der Waals surface area contributed by atoms with Crippen LogP contribution in [0.4, 0.5) is 0 Å². The van der Waals surface area contributed by atoms with Crippen molar-refractivity contribution < 1.29 is 9.53 Å². The molecule has 0 aliphatic carbocycles. The third-order valence-corrected chi connectivity index (χ3v) is 5.25. The van der Waals surface area contributed by atoms with Crippen molar-refractivity contribution in [2.45, 2.75) is 20.8 Å². The predicted molar refractivity (Wildman–Crippen MR) is 121 cm³/mol. The maximum Gasteiger partial charge on any atom is 0.275 e. The first-order valence-electron chi connectivity index (χ1n) is 8.83. The van der Waals surface area contributed by atoms with E-state index in [9.17, 15) is 4.79 Å². The molecule has 0 aliphatic rings. The Kier molecular flexibility index (Phi) is 6.18. The van der Waals surface area contributed by atoms with Gasteiger partial charge in [-0.05, 0) is 91.4 Å². The third-order valence-electron chi connectivity index (χ3n) is 4.53. The molecular weight excluding hydrogens is 465 g/mol. The number of carbonyl (C=O) groups is 1. The number of halogens is 1. The number of nitrogens with zero attached hydrogens (tertiary/aromatic N) is 2. The highest BCUT2D eigenvalue weighted by molar-refractivity contribution is 14.1. The summed E-state index contributed by atoms with van der Waals surface area (Å²) in [5.41, 5.74) is 8.28. The SMILES string of the molecule is COc1cc(C)ccc1C(=O)N/N=C\c1cc(C)n(-c2ccc(I)cc2)c1C. The number of amides is 1. The number of hydrazone groups is 1. The summed E-state index contributed by atoms with van der Waals surface area (Å²) in [4.78, 5) is 12.4. The molecule has 0 radical (unpaired) electrons. The number of methoxy groups -OCH3 is 1. The number of aromatic nitrogens is 1. The average molecular weight is 487 g/mol. The van der Waals surface area contributed by atoms with Crippen LogP contribution < -0.4 is 10.2 Å². The van der Waals surface area contributed by atoms with E-state index < -0.39 is 0 Å².